The zero-order valence-corrected chi connectivity index (χ0v) is 6.59. The highest BCUT2D eigenvalue weighted by atomic mass is 16.5. The van der Waals surface area contributed by atoms with Gasteiger partial charge < -0.3 is 4.74 Å². The predicted octanol–water partition coefficient (Wildman–Crippen LogP) is 2.16. The van der Waals surface area contributed by atoms with Gasteiger partial charge in [-0.1, -0.05) is 18.2 Å². The first kappa shape index (κ1) is 7.62. The van der Waals surface area contributed by atoms with E-state index in [1.54, 1.807) is 6.26 Å². The lowest BCUT2D eigenvalue weighted by molar-refractivity contribution is 0.499. The molecule has 1 rings (SSSR count). The molecule has 0 aromatic heterocycles. The molecule has 2 nitrogen and oxygen atoms in total. The van der Waals surface area contributed by atoms with E-state index in [9.17, 15) is 0 Å². The van der Waals surface area contributed by atoms with Crippen molar-refractivity contribution in [1.82, 2.24) is 0 Å². The summed E-state index contributed by atoms with van der Waals surface area (Å²) in [5.74, 6) is 0.676. The van der Waals surface area contributed by atoms with Crippen LogP contribution in [0.15, 0.2) is 18.2 Å². The normalized spacial score (nSPS) is 8.82. The van der Waals surface area contributed by atoms with Crippen molar-refractivity contribution in [3.8, 4) is 12.0 Å². The Morgan fingerprint density at radius 2 is 1.82 bits per heavy atom. The maximum Gasteiger partial charge on any atom is 0.292 e. The van der Waals surface area contributed by atoms with Gasteiger partial charge in [-0.25, -0.2) is 0 Å². The average Bonchev–Trinajstić information content (AvgIpc) is 1.97. The summed E-state index contributed by atoms with van der Waals surface area (Å²) in [5, 5.41) is 8.30. The van der Waals surface area contributed by atoms with Crippen LogP contribution in [0.3, 0.4) is 0 Å². The van der Waals surface area contributed by atoms with E-state index in [1.165, 1.54) is 0 Å². The Morgan fingerprint density at radius 3 is 2.27 bits per heavy atom. The van der Waals surface area contributed by atoms with Crippen LogP contribution in [0.2, 0.25) is 0 Å². The van der Waals surface area contributed by atoms with E-state index >= 15 is 0 Å². The number of ether oxygens (including phenoxy) is 1. The second kappa shape index (κ2) is 3.07. The summed E-state index contributed by atoms with van der Waals surface area (Å²) in [6.45, 7) is 3.83. The summed E-state index contributed by atoms with van der Waals surface area (Å²) in [6.07, 6.45) is 1.67. The van der Waals surface area contributed by atoms with Crippen LogP contribution in [0.5, 0.6) is 5.75 Å². The number of nitriles is 1. The quantitative estimate of drug-likeness (QED) is 0.570. The number of rotatable bonds is 1. The van der Waals surface area contributed by atoms with E-state index in [0.29, 0.717) is 5.75 Å². The van der Waals surface area contributed by atoms with Gasteiger partial charge in [0.15, 0.2) is 0 Å². The molecule has 1 aromatic carbocycles. The summed E-state index contributed by atoms with van der Waals surface area (Å²) in [5.41, 5.74) is 1.98. The fraction of sp³-hybridized carbons (Fsp3) is 0.222. The molecule has 0 amide bonds. The van der Waals surface area contributed by atoms with Gasteiger partial charge in [-0.2, -0.15) is 0 Å². The van der Waals surface area contributed by atoms with Crippen LogP contribution < -0.4 is 4.74 Å². The van der Waals surface area contributed by atoms with E-state index < -0.39 is 0 Å². The van der Waals surface area contributed by atoms with Gasteiger partial charge in [0.25, 0.3) is 6.26 Å². The first-order chi connectivity index (χ1) is 5.25. The van der Waals surface area contributed by atoms with Crippen LogP contribution in [-0.4, -0.2) is 0 Å². The molecule has 0 atom stereocenters. The monoisotopic (exact) mass is 147 g/mol. The molecular formula is C9H9NO. The molecule has 0 saturated heterocycles. The predicted molar refractivity (Wildman–Crippen MR) is 42.2 cm³/mol. The van der Waals surface area contributed by atoms with Gasteiger partial charge in [-0.05, 0) is 25.0 Å². The molecule has 0 unspecified atom stereocenters. The highest BCUT2D eigenvalue weighted by Gasteiger charge is 2.01. The van der Waals surface area contributed by atoms with Crippen molar-refractivity contribution in [3.63, 3.8) is 0 Å². The van der Waals surface area contributed by atoms with Crippen LogP contribution in [0, 0.1) is 25.4 Å². The van der Waals surface area contributed by atoms with Gasteiger partial charge in [0, 0.05) is 0 Å². The molecule has 0 aliphatic rings. The Labute approximate surface area is 66.0 Å². The second-order valence-corrected chi connectivity index (χ2v) is 2.41. The molecule has 0 aliphatic heterocycles. The number of para-hydroxylation sites is 1. The number of nitrogens with zero attached hydrogens (tertiary/aromatic N) is 1. The molecular weight excluding hydrogens is 138 g/mol. The SMILES string of the molecule is Cc1cccc(C)c1OC#N. The highest BCUT2D eigenvalue weighted by Crippen LogP contribution is 2.21. The van der Waals surface area contributed by atoms with E-state index in [0.717, 1.165) is 11.1 Å². The van der Waals surface area contributed by atoms with E-state index in [2.05, 4.69) is 0 Å². The topological polar surface area (TPSA) is 33.0 Å². The minimum atomic E-state index is 0.676. The molecule has 0 bridgehead atoms. The third kappa shape index (κ3) is 1.50. The molecule has 2 heteroatoms. The van der Waals surface area contributed by atoms with Crippen molar-refractivity contribution in [2.75, 3.05) is 0 Å². The van der Waals surface area contributed by atoms with Gasteiger partial charge in [0.2, 0.25) is 0 Å². The van der Waals surface area contributed by atoms with E-state index in [4.69, 9.17) is 10.00 Å². The minimum Gasteiger partial charge on any atom is -0.387 e. The number of hydrogen-bond donors (Lipinski definition) is 0. The minimum absolute atomic E-state index is 0.676. The van der Waals surface area contributed by atoms with Crippen LogP contribution >= 0.6 is 0 Å². The Hall–Kier alpha value is -1.49. The zero-order valence-electron chi connectivity index (χ0n) is 6.59. The summed E-state index contributed by atoms with van der Waals surface area (Å²) in [6, 6.07) is 5.77. The van der Waals surface area contributed by atoms with Crippen molar-refractivity contribution in [1.29, 1.82) is 5.26 Å². The Bertz CT molecular complexity index is 279. The third-order valence-electron chi connectivity index (χ3n) is 1.56. The molecule has 0 fully saturated rings. The molecule has 1 aromatic rings. The molecule has 0 aliphatic carbocycles. The Balaban J connectivity index is 3.12. The molecule has 0 spiro atoms. The van der Waals surface area contributed by atoms with Crippen LogP contribution in [0.25, 0.3) is 0 Å². The summed E-state index contributed by atoms with van der Waals surface area (Å²) in [4.78, 5) is 0. The summed E-state index contributed by atoms with van der Waals surface area (Å²) >= 11 is 0. The lowest BCUT2D eigenvalue weighted by Gasteiger charge is -2.03. The summed E-state index contributed by atoms with van der Waals surface area (Å²) in [7, 11) is 0. The molecule has 0 heterocycles. The van der Waals surface area contributed by atoms with Crippen LogP contribution in [0.4, 0.5) is 0 Å². The van der Waals surface area contributed by atoms with Crippen molar-refractivity contribution in [3.05, 3.63) is 29.3 Å². The van der Waals surface area contributed by atoms with E-state index in [1.807, 2.05) is 32.0 Å². The smallest absolute Gasteiger partial charge is 0.292 e. The van der Waals surface area contributed by atoms with Crippen LogP contribution in [-0.2, 0) is 0 Å². The standard InChI is InChI=1S/C9H9NO/c1-7-4-3-5-8(2)9(7)11-6-10/h3-5H,1-2H3. The fourth-order valence-electron chi connectivity index (χ4n) is 1.01. The zero-order chi connectivity index (χ0) is 8.27. The maximum absolute atomic E-state index is 8.30. The van der Waals surface area contributed by atoms with Gasteiger partial charge in [0.05, 0.1) is 0 Å². The average molecular weight is 147 g/mol. The summed E-state index contributed by atoms with van der Waals surface area (Å²) < 4.78 is 4.77. The van der Waals surface area contributed by atoms with Crippen molar-refractivity contribution >= 4 is 0 Å². The lowest BCUT2D eigenvalue weighted by Crippen LogP contribution is -1.88. The maximum atomic E-state index is 8.30. The van der Waals surface area contributed by atoms with Gasteiger partial charge in [-0.3, -0.25) is 0 Å². The molecule has 11 heavy (non-hydrogen) atoms. The molecule has 0 N–H and O–H groups in total. The van der Waals surface area contributed by atoms with Crippen LogP contribution in [0.1, 0.15) is 11.1 Å². The molecule has 0 saturated carbocycles. The number of hydrogen-bond acceptors (Lipinski definition) is 2. The first-order valence-electron chi connectivity index (χ1n) is 3.38. The van der Waals surface area contributed by atoms with Gasteiger partial charge in [0.1, 0.15) is 5.75 Å². The number of benzene rings is 1. The third-order valence-corrected chi connectivity index (χ3v) is 1.56. The van der Waals surface area contributed by atoms with Crippen molar-refractivity contribution < 1.29 is 4.74 Å². The fourth-order valence-corrected chi connectivity index (χ4v) is 1.01. The molecule has 0 radical (unpaired) electrons. The van der Waals surface area contributed by atoms with Gasteiger partial charge in [-0.15, -0.1) is 5.26 Å². The largest absolute Gasteiger partial charge is 0.387 e. The molecule has 56 valence electrons. The first-order valence-corrected chi connectivity index (χ1v) is 3.38. The second-order valence-electron chi connectivity index (χ2n) is 2.41. The van der Waals surface area contributed by atoms with Crippen molar-refractivity contribution in [2.24, 2.45) is 0 Å². The Morgan fingerprint density at radius 1 is 1.27 bits per heavy atom. The lowest BCUT2D eigenvalue weighted by atomic mass is 10.1. The van der Waals surface area contributed by atoms with Gasteiger partial charge >= 0.3 is 0 Å². The Kier molecular flexibility index (Phi) is 2.12. The van der Waals surface area contributed by atoms with Crippen molar-refractivity contribution in [2.45, 2.75) is 13.8 Å². The van der Waals surface area contributed by atoms with E-state index in [-0.39, 0.29) is 0 Å². The highest BCUT2D eigenvalue weighted by molar-refractivity contribution is 5.40. The number of aryl methyl sites for hydroxylation is 2.